The molecule has 0 unspecified atom stereocenters. The zero-order valence-corrected chi connectivity index (χ0v) is 15.5. The number of nitriles is 1. The minimum absolute atomic E-state index is 0.187. The molecule has 0 saturated carbocycles. The highest BCUT2D eigenvalue weighted by Crippen LogP contribution is 2.19. The lowest BCUT2D eigenvalue weighted by Crippen LogP contribution is -2.53. The first-order valence-corrected chi connectivity index (χ1v) is 8.81. The van der Waals surface area contributed by atoms with Crippen LogP contribution in [-0.2, 0) is 11.3 Å². The summed E-state index contributed by atoms with van der Waals surface area (Å²) >= 11 is 1.57. The standard InChI is InChI=1S/C17H27N3O2S/c1-6-17(7-2,12-19-15(21)22-16(3,4)5)20-10-14-8-13(9-18)11-23-14/h8,11,20H,6-7,10,12H2,1-5H3,(H,19,21). The molecule has 0 radical (unpaired) electrons. The third kappa shape index (κ3) is 6.59. The molecule has 0 saturated heterocycles. The maximum Gasteiger partial charge on any atom is 0.407 e. The van der Waals surface area contributed by atoms with Crippen LogP contribution in [0.3, 0.4) is 0 Å². The summed E-state index contributed by atoms with van der Waals surface area (Å²) in [5.74, 6) is 0. The quantitative estimate of drug-likeness (QED) is 0.794. The van der Waals surface area contributed by atoms with E-state index in [0.717, 1.165) is 17.7 Å². The zero-order chi connectivity index (χ0) is 17.5. The van der Waals surface area contributed by atoms with Crippen LogP contribution < -0.4 is 10.6 Å². The Morgan fingerprint density at radius 1 is 1.35 bits per heavy atom. The van der Waals surface area contributed by atoms with Crippen LogP contribution in [0.25, 0.3) is 0 Å². The Hall–Kier alpha value is -1.58. The van der Waals surface area contributed by atoms with Gasteiger partial charge in [0, 0.05) is 28.9 Å². The van der Waals surface area contributed by atoms with Crippen LogP contribution in [0.2, 0.25) is 0 Å². The lowest BCUT2D eigenvalue weighted by atomic mass is 9.92. The molecule has 0 aliphatic heterocycles. The molecule has 0 spiro atoms. The second-order valence-electron chi connectivity index (χ2n) is 6.61. The van der Waals surface area contributed by atoms with Gasteiger partial charge in [-0.2, -0.15) is 5.26 Å². The number of carbonyl (C=O) groups is 1. The van der Waals surface area contributed by atoms with Crippen molar-refractivity contribution in [3.05, 3.63) is 21.9 Å². The molecule has 0 fully saturated rings. The molecular formula is C17H27N3O2S. The maximum atomic E-state index is 11.9. The van der Waals surface area contributed by atoms with Gasteiger partial charge in [-0.25, -0.2) is 4.79 Å². The number of alkyl carbamates (subject to hydrolysis) is 1. The number of hydrogen-bond acceptors (Lipinski definition) is 5. The topological polar surface area (TPSA) is 74.2 Å². The number of hydrogen-bond donors (Lipinski definition) is 2. The van der Waals surface area contributed by atoms with E-state index in [1.165, 1.54) is 0 Å². The highest BCUT2D eigenvalue weighted by molar-refractivity contribution is 7.10. The Kier molecular flexibility index (Phi) is 7.04. The van der Waals surface area contributed by atoms with Crippen molar-refractivity contribution in [3.63, 3.8) is 0 Å². The summed E-state index contributed by atoms with van der Waals surface area (Å²) in [6.45, 7) is 10.9. The van der Waals surface area contributed by atoms with Crippen LogP contribution >= 0.6 is 11.3 Å². The van der Waals surface area contributed by atoms with E-state index in [1.807, 2.05) is 32.2 Å². The summed E-state index contributed by atoms with van der Waals surface area (Å²) in [4.78, 5) is 13.0. The molecule has 0 bridgehead atoms. The first-order chi connectivity index (χ1) is 10.7. The molecule has 128 valence electrons. The van der Waals surface area contributed by atoms with E-state index in [-0.39, 0.29) is 5.54 Å². The fraction of sp³-hybridized carbons (Fsp3) is 0.647. The number of amides is 1. The minimum Gasteiger partial charge on any atom is -0.444 e. The van der Waals surface area contributed by atoms with Crippen LogP contribution in [0.1, 0.15) is 57.9 Å². The summed E-state index contributed by atoms with van der Waals surface area (Å²) < 4.78 is 5.29. The van der Waals surface area contributed by atoms with E-state index >= 15 is 0 Å². The van der Waals surface area contributed by atoms with Gasteiger partial charge in [0.25, 0.3) is 0 Å². The Morgan fingerprint density at radius 3 is 2.48 bits per heavy atom. The molecule has 0 aliphatic carbocycles. The first-order valence-electron chi connectivity index (χ1n) is 7.93. The van der Waals surface area contributed by atoms with Gasteiger partial charge >= 0.3 is 6.09 Å². The molecule has 1 aromatic heterocycles. The van der Waals surface area contributed by atoms with Crippen LogP contribution in [-0.4, -0.2) is 23.8 Å². The summed E-state index contributed by atoms with van der Waals surface area (Å²) in [7, 11) is 0. The molecule has 5 nitrogen and oxygen atoms in total. The van der Waals surface area contributed by atoms with E-state index in [1.54, 1.807) is 11.3 Å². The van der Waals surface area contributed by atoms with Crippen LogP contribution in [0, 0.1) is 11.3 Å². The van der Waals surface area contributed by atoms with E-state index in [4.69, 9.17) is 10.00 Å². The monoisotopic (exact) mass is 337 g/mol. The fourth-order valence-electron chi connectivity index (χ4n) is 2.17. The van der Waals surface area contributed by atoms with Gasteiger partial charge < -0.3 is 15.4 Å². The first kappa shape index (κ1) is 19.5. The average molecular weight is 337 g/mol. The second kappa shape index (κ2) is 8.32. The number of ether oxygens (including phenoxy) is 1. The molecule has 2 N–H and O–H groups in total. The second-order valence-corrected chi connectivity index (χ2v) is 7.61. The van der Waals surface area contributed by atoms with Gasteiger partial charge in [-0.3, -0.25) is 0 Å². The number of nitrogens with zero attached hydrogens (tertiary/aromatic N) is 1. The summed E-state index contributed by atoms with van der Waals surface area (Å²) in [6, 6.07) is 4.04. The smallest absolute Gasteiger partial charge is 0.407 e. The third-order valence-corrected chi connectivity index (χ3v) is 4.68. The zero-order valence-electron chi connectivity index (χ0n) is 14.7. The number of rotatable bonds is 7. The number of carbonyl (C=O) groups excluding carboxylic acids is 1. The Balaban J connectivity index is 2.60. The Labute approximate surface area is 143 Å². The van der Waals surface area contributed by atoms with Crippen molar-refractivity contribution in [3.8, 4) is 6.07 Å². The van der Waals surface area contributed by atoms with Crippen LogP contribution in [0.5, 0.6) is 0 Å². The van der Waals surface area contributed by atoms with Crippen molar-refractivity contribution in [2.45, 2.75) is 65.1 Å². The van der Waals surface area contributed by atoms with Crippen molar-refractivity contribution in [2.75, 3.05) is 6.54 Å². The maximum absolute atomic E-state index is 11.9. The molecule has 6 heteroatoms. The van der Waals surface area contributed by atoms with Crippen molar-refractivity contribution < 1.29 is 9.53 Å². The average Bonchev–Trinajstić information content (AvgIpc) is 2.94. The van der Waals surface area contributed by atoms with Gasteiger partial charge in [-0.05, 0) is 39.7 Å². The Bertz CT molecular complexity index is 551. The van der Waals surface area contributed by atoms with E-state index in [2.05, 4.69) is 30.6 Å². The predicted octanol–water partition coefficient (Wildman–Crippen LogP) is 3.79. The fourth-order valence-corrected chi connectivity index (χ4v) is 2.92. The molecule has 1 aromatic rings. The molecule has 0 atom stereocenters. The van der Waals surface area contributed by atoms with Crippen LogP contribution in [0.4, 0.5) is 4.79 Å². The number of thiophene rings is 1. The van der Waals surface area contributed by atoms with Crippen molar-refractivity contribution in [2.24, 2.45) is 0 Å². The highest BCUT2D eigenvalue weighted by atomic mass is 32.1. The molecule has 23 heavy (non-hydrogen) atoms. The third-order valence-electron chi connectivity index (χ3n) is 3.74. The minimum atomic E-state index is -0.497. The normalized spacial score (nSPS) is 11.8. The van der Waals surface area contributed by atoms with Crippen LogP contribution in [0.15, 0.2) is 11.4 Å². The van der Waals surface area contributed by atoms with Gasteiger partial charge in [0.1, 0.15) is 11.7 Å². The van der Waals surface area contributed by atoms with Gasteiger partial charge in [-0.15, -0.1) is 11.3 Å². The molecule has 1 heterocycles. The lowest BCUT2D eigenvalue weighted by molar-refractivity contribution is 0.0507. The Morgan fingerprint density at radius 2 is 2.00 bits per heavy atom. The predicted molar refractivity (Wildman–Crippen MR) is 93.4 cm³/mol. The van der Waals surface area contributed by atoms with Gasteiger partial charge in [0.2, 0.25) is 0 Å². The van der Waals surface area contributed by atoms with Crippen molar-refractivity contribution >= 4 is 17.4 Å². The molecule has 0 aromatic carbocycles. The summed E-state index contributed by atoms with van der Waals surface area (Å²) in [6.07, 6.45) is 1.37. The van der Waals surface area contributed by atoms with Gasteiger partial charge in [0.15, 0.2) is 0 Å². The van der Waals surface area contributed by atoms with E-state index < -0.39 is 11.7 Å². The van der Waals surface area contributed by atoms with Crippen molar-refractivity contribution in [1.29, 1.82) is 5.26 Å². The molecule has 1 rings (SSSR count). The van der Waals surface area contributed by atoms with Crippen molar-refractivity contribution in [1.82, 2.24) is 10.6 Å². The summed E-state index contributed by atoms with van der Waals surface area (Å²) in [5.41, 5.74) is 0.00836. The summed E-state index contributed by atoms with van der Waals surface area (Å²) in [5, 5.41) is 17.1. The molecule has 0 aliphatic rings. The molecule has 1 amide bonds. The van der Waals surface area contributed by atoms with Gasteiger partial charge in [0.05, 0.1) is 5.56 Å². The molecular weight excluding hydrogens is 310 g/mol. The SMILES string of the molecule is CCC(CC)(CNC(=O)OC(C)(C)C)NCc1cc(C#N)cs1. The van der Waals surface area contributed by atoms with E-state index in [0.29, 0.717) is 18.7 Å². The lowest BCUT2D eigenvalue weighted by Gasteiger charge is -2.33. The van der Waals surface area contributed by atoms with E-state index in [9.17, 15) is 4.79 Å². The van der Waals surface area contributed by atoms with Gasteiger partial charge in [-0.1, -0.05) is 13.8 Å². The highest BCUT2D eigenvalue weighted by Gasteiger charge is 2.27. The number of nitrogens with one attached hydrogen (secondary N) is 2. The largest absolute Gasteiger partial charge is 0.444 e.